The van der Waals surface area contributed by atoms with Crippen molar-refractivity contribution in [2.45, 2.75) is 57.5 Å². The first-order chi connectivity index (χ1) is 11.6. The maximum atomic E-state index is 10.1. The quantitative estimate of drug-likeness (QED) is 0.621. The molecule has 5 nitrogen and oxygen atoms in total. The fraction of sp³-hybridized carbons (Fsp3) is 0.842. The Morgan fingerprint density at radius 3 is 2.77 bits per heavy atom. The van der Waals surface area contributed by atoms with Gasteiger partial charge in [0.1, 0.15) is 0 Å². The van der Waals surface area contributed by atoms with Crippen LogP contribution >= 0.6 is 24.8 Å². The van der Waals surface area contributed by atoms with Gasteiger partial charge in [0.15, 0.2) is 0 Å². The van der Waals surface area contributed by atoms with E-state index in [4.69, 9.17) is 5.73 Å². The van der Waals surface area contributed by atoms with E-state index in [1.807, 2.05) is 6.20 Å². The molecule has 0 unspecified atom stereocenters. The third-order valence-corrected chi connectivity index (χ3v) is 7.80. The van der Waals surface area contributed by atoms with Gasteiger partial charge in [-0.05, 0) is 79.7 Å². The zero-order valence-electron chi connectivity index (χ0n) is 15.4. The van der Waals surface area contributed by atoms with Gasteiger partial charge in [0.05, 0.1) is 12.3 Å². The molecular weight excluding hydrogens is 373 g/mol. The third-order valence-electron chi connectivity index (χ3n) is 7.80. The molecule has 0 radical (unpaired) electrons. The van der Waals surface area contributed by atoms with Crippen LogP contribution in [0.4, 0.5) is 0 Å². The topological polar surface area (TPSA) is 95.2 Å². The van der Waals surface area contributed by atoms with E-state index in [1.165, 1.54) is 24.1 Å². The van der Waals surface area contributed by atoms with Gasteiger partial charge in [-0.1, -0.05) is 6.92 Å². The number of hydrogen-bond acceptors (Lipinski definition) is 4. The molecule has 3 aliphatic carbocycles. The van der Waals surface area contributed by atoms with Crippen LogP contribution in [-0.4, -0.2) is 39.7 Å². The second-order valence-corrected chi connectivity index (χ2v) is 8.68. The monoisotopic (exact) mass is 405 g/mol. The second-order valence-electron chi connectivity index (χ2n) is 8.68. The number of fused-ring (bicyclic) bond motifs is 3. The summed E-state index contributed by atoms with van der Waals surface area (Å²) in [5.74, 6) is 2.43. The van der Waals surface area contributed by atoms with Crippen molar-refractivity contribution in [2.75, 3.05) is 13.2 Å². The Morgan fingerprint density at radius 1 is 1.31 bits per heavy atom. The lowest BCUT2D eigenvalue weighted by Crippen LogP contribution is -2.50. The van der Waals surface area contributed by atoms with Crippen LogP contribution < -0.4 is 5.73 Å². The molecular formula is C19H33Cl2N3O2. The summed E-state index contributed by atoms with van der Waals surface area (Å²) in [6.45, 7) is 3.25. The lowest BCUT2D eigenvalue weighted by Gasteiger charge is -2.54. The molecule has 1 aromatic rings. The molecule has 1 heterocycles. The molecule has 3 aliphatic rings. The van der Waals surface area contributed by atoms with E-state index in [0.717, 1.165) is 32.2 Å². The van der Waals surface area contributed by atoms with Crippen molar-refractivity contribution in [1.29, 1.82) is 0 Å². The third kappa shape index (κ3) is 3.30. The molecule has 0 saturated heterocycles. The summed E-state index contributed by atoms with van der Waals surface area (Å²) in [5, 5.41) is 27.5. The summed E-state index contributed by atoms with van der Waals surface area (Å²) in [7, 11) is 0. The van der Waals surface area contributed by atoms with Crippen LogP contribution in [0.15, 0.2) is 6.20 Å². The van der Waals surface area contributed by atoms with Crippen LogP contribution in [-0.2, 0) is 6.42 Å². The van der Waals surface area contributed by atoms with Crippen molar-refractivity contribution in [1.82, 2.24) is 10.2 Å². The van der Waals surface area contributed by atoms with Crippen LogP contribution in [0.1, 0.15) is 56.2 Å². The highest BCUT2D eigenvalue weighted by molar-refractivity contribution is 5.85. The molecule has 0 aromatic carbocycles. The van der Waals surface area contributed by atoms with Crippen LogP contribution in [0.25, 0.3) is 0 Å². The standard InChI is InChI=1S/C19H31N3O2.2ClH/c1-19(5-4-13(24)7-12(19)10-23)17-3-2-14-15(16(17)8-20)6-11-9-21-22-18(11)14;;/h9,12-17,23-24H,2-8,10,20H2,1H3,(H,21,22);2*1H/t12-,13+,14+,15-,16+,17+,19+;;/m1../s1. The number of H-pyrrole nitrogens is 1. The molecule has 26 heavy (non-hydrogen) atoms. The molecule has 7 atom stereocenters. The van der Waals surface area contributed by atoms with E-state index in [1.54, 1.807) is 0 Å². The molecule has 0 amide bonds. The molecule has 4 rings (SSSR count). The minimum Gasteiger partial charge on any atom is -0.396 e. The van der Waals surface area contributed by atoms with Crippen molar-refractivity contribution in [2.24, 2.45) is 34.8 Å². The SMILES string of the molecule is C[C@]1([C@H]2CC[C@@H]3c4[nH]ncc4C[C@H]3[C@@H]2CN)CC[C@H](O)C[C@@H]1CO.Cl.Cl. The van der Waals surface area contributed by atoms with Gasteiger partial charge in [-0.15, -0.1) is 24.8 Å². The van der Waals surface area contributed by atoms with E-state index in [9.17, 15) is 10.2 Å². The fourth-order valence-electron chi connectivity index (χ4n) is 6.42. The average Bonchev–Trinajstić information content (AvgIpc) is 3.17. The lowest BCUT2D eigenvalue weighted by molar-refractivity contribution is -0.0789. The highest BCUT2D eigenvalue weighted by Gasteiger charge is 2.53. The number of nitrogens with one attached hydrogen (secondary N) is 1. The van der Waals surface area contributed by atoms with Gasteiger partial charge in [-0.25, -0.2) is 0 Å². The average molecular weight is 406 g/mol. The first kappa shape index (κ1) is 22.0. The number of aromatic amines is 1. The number of nitrogens with two attached hydrogens (primary N) is 1. The molecule has 5 N–H and O–H groups in total. The largest absolute Gasteiger partial charge is 0.396 e. The Morgan fingerprint density at radius 2 is 2.08 bits per heavy atom. The molecule has 2 saturated carbocycles. The summed E-state index contributed by atoms with van der Waals surface area (Å²) in [5.41, 5.74) is 9.12. The number of rotatable bonds is 3. The summed E-state index contributed by atoms with van der Waals surface area (Å²) in [4.78, 5) is 0. The Balaban J connectivity index is 0.00000121. The zero-order valence-corrected chi connectivity index (χ0v) is 17.1. The normalized spacial score (nSPS) is 41.5. The van der Waals surface area contributed by atoms with Crippen LogP contribution in [0.3, 0.4) is 0 Å². The molecule has 7 heteroatoms. The predicted octanol–water partition coefficient (Wildman–Crippen LogP) is 2.65. The molecule has 0 spiro atoms. The van der Waals surface area contributed by atoms with Crippen molar-refractivity contribution < 1.29 is 10.2 Å². The molecule has 150 valence electrons. The van der Waals surface area contributed by atoms with Crippen LogP contribution in [0.5, 0.6) is 0 Å². The van der Waals surface area contributed by atoms with Gasteiger partial charge >= 0.3 is 0 Å². The van der Waals surface area contributed by atoms with Gasteiger partial charge in [0.2, 0.25) is 0 Å². The Bertz CT molecular complexity index is 599. The van der Waals surface area contributed by atoms with Crippen molar-refractivity contribution >= 4 is 24.8 Å². The molecule has 2 fully saturated rings. The van der Waals surface area contributed by atoms with Crippen LogP contribution in [0.2, 0.25) is 0 Å². The van der Waals surface area contributed by atoms with E-state index >= 15 is 0 Å². The van der Waals surface area contributed by atoms with Crippen molar-refractivity contribution in [3.05, 3.63) is 17.5 Å². The number of aliphatic hydroxyl groups is 2. The smallest absolute Gasteiger partial charge is 0.0544 e. The van der Waals surface area contributed by atoms with Gasteiger partial charge < -0.3 is 15.9 Å². The minimum absolute atomic E-state index is 0. The van der Waals surface area contributed by atoms with Crippen molar-refractivity contribution in [3.63, 3.8) is 0 Å². The van der Waals surface area contributed by atoms with E-state index < -0.39 is 0 Å². The minimum atomic E-state index is -0.250. The Kier molecular flexibility index (Phi) is 7.06. The number of hydrogen-bond donors (Lipinski definition) is 4. The van der Waals surface area contributed by atoms with Crippen molar-refractivity contribution in [3.8, 4) is 0 Å². The predicted molar refractivity (Wildman–Crippen MR) is 107 cm³/mol. The van der Waals surface area contributed by atoms with E-state index in [2.05, 4.69) is 17.1 Å². The number of halogens is 2. The number of nitrogens with zero attached hydrogens (tertiary/aromatic N) is 1. The summed E-state index contributed by atoms with van der Waals surface area (Å²) >= 11 is 0. The van der Waals surface area contributed by atoms with Gasteiger partial charge in [0, 0.05) is 18.2 Å². The number of aliphatic hydroxyl groups excluding tert-OH is 2. The molecule has 0 bridgehead atoms. The van der Waals surface area contributed by atoms with E-state index in [0.29, 0.717) is 23.7 Å². The Hall–Kier alpha value is -0.330. The zero-order chi connectivity index (χ0) is 16.9. The maximum absolute atomic E-state index is 10.1. The highest BCUT2D eigenvalue weighted by atomic mass is 35.5. The second kappa shape index (κ2) is 8.36. The molecule has 0 aliphatic heterocycles. The highest BCUT2D eigenvalue weighted by Crippen LogP contribution is 2.58. The maximum Gasteiger partial charge on any atom is 0.0544 e. The Labute approximate surface area is 168 Å². The first-order valence-electron chi connectivity index (χ1n) is 9.59. The van der Waals surface area contributed by atoms with Gasteiger partial charge in [-0.2, -0.15) is 5.10 Å². The van der Waals surface area contributed by atoms with E-state index in [-0.39, 0.29) is 48.9 Å². The molecule has 1 aromatic heterocycles. The van der Waals surface area contributed by atoms with Crippen LogP contribution in [0, 0.1) is 29.1 Å². The summed E-state index contributed by atoms with van der Waals surface area (Å²) < 4.78 is 0. The fourth-order valence-corrected chi connectivity index (χ4v) is 6.42. The summed E-state index contributed by atoms with van der Waals surface area (Å²) in [6.07, 6.45) is 7.80. The summed E-state index contributed by atoms with van der Waals surface area (Å²) in [6, 6.07) is 0. The van der Waals surface area contributed by atoms with Gasteiger partial charge in [0.25, 0.3) is 0 Å². The first-order valence-corrected chi connectivity index (χ1v) is 9.59. The number of aromatic nitrogens is 2. The lowest BCUT2D eigenvalue weighted by atomic mass is 9.52. The van der Waals surface area contributed by atoms with Gasteiger partial charge in [-0.3, -0.25) is 5.10 Å².